The van der Waals surface area contributed by atoms with Gasteiger partial charge in [-0.05, 0) is 30.5 Å². The van der Waals surface area contributed by atoms with E-state index in [1.807, 2.05) is 24.3 Å². The predicted molar refractivity (Wildman–Crippen MR) is 89.6 cm³/mol. The quantitative estimate of drug-likeness (QED) is 0.653. The van der Waals surface area contributed by atoms with Gasteiger partial charge in [0.25, 0.3) is 0 Å². The Morgan fingerprint density at radius 3 is 2.43 bits per heavy atom. The lowest BCUT2D eigenvalue weighted by Gasteiger charge is -2.06. The molecule has 1 amide bonds. The first-order chi connectivity index (χ1) is 10.2. The fourth-order valence-electron chi connectivity index (χ4n) is 1.96. The molecule has 0 radical (unpaired) electrons. The number of hydrogen-bond donors (Lipinski definition) is 2. The van der Waals surface area contributed by atoms with E-state index in [1.165, 1.54) is 0 Å². The number of unbranched alkanes of at least 4 members (excludes halogenated alkanes) is 2. The summed E-state index contributed by atoms with van der Waals surface area (Å²) in [5.74, 6) is 1.35. The lowest BCUT2D eigenvalue weighted by atomic mass is 10.2. The Bertz CT molecular complexity index is 446. The zero-order chi connectivity index (χ0) is 15.5. The number of hydrogen-bond acceptors (Lipinski definition) is 3. The highest BCUT2D eigenvalue weighted by Crippen LogP contribution is 2.10. The minimum absolute atomic E-state index is 0.0268. The van der Waals surface area contributed by atoms with Crippen molar-refractivity contribution < 1.29 is 9.00 Å². The molecule has 0 aliphatic rings. The van der Waals surface area contributed by atoms with Crippen molar-refractivity contribution >= 4 is 22.4 Å². The number of amides is 1. The third-order valence-electron chi connectivity index (χ3n) is 3.22. The van der Waals surface area contributed by atoms with E-state index in [2.05, 4.69) is 12.2 Å². The summed E-state index contributed by atoms with van der Waals surface area (Å²) < 4.78 is 11.7. The van der Waals surface area contributed by atoms with Gasteiger partial charge in [-0.3, -0.25) is 9.00 Å². The summed E-state index contributed by atoms with van der Waals surface area (Å²) in [5.41, 5.74) is 7.34. The van der Waals surface area contributed by atoms with Gasteiger partial charge in [0.15, 0.2) is 0 Å². The monoisotopic (exact) mass is 310 g/mol. The topological polar surface area (TPSA) is 72.2 Å². The molecule has 1 unspecified atom stereocenters. The molecule has 0 heterocycles. The second-order valence-electron chi connectivity index (χ2n) is 5.11. The van der Waals surface area contributed by atoms with Crippen LogP contribution in [-0.2, 0) is 22.1 Å². The molecule has 0 spiro atoms. The van der Waals surface area contributed by atoms with Crippen LogP contribution in [0.4, 0.5) is 5.69 Å². The van der Waals surface area contributed by atoms with Crippen LogP contribution in [0, 0.1) is 0 Å². The standard InChI is InChI=1S/C16H26N2O2S/c1-2-3-4-11-21(20)12-5-6-16(19)18-15-9-7-14(13-17)8-10-15/h7-10H,2-6,11-13,17H2,1H3,(H,18,19). The maximum absolute atomic E-state index is 11.8. The van der Waals surface area contributed by atoms with E-state index in [1.54, 1.807) is 0 Å². The first kappa shape index (κ1) is 17.9. The highest BCUT2D eigenvalue weighted by molar-refractivity contribution is 7.84. The first-order valence-corrected chi connectivity index (χ1v) is 9.08. The van der Waals surface area contributed by atoms with Crippen molar-refractivity contribution in [2.75, 3.05) is 16.8 Å². The van der Waals surface area contributed by atoms with Crippen molar-refractivity contribution in [1.29, 1.82) is 0 Å². The highest BCUT2D eigenvalue weighted by Gasteiger charge is 2.05. The second kappa shape index (κ2) is 10.5. The van der Waals surface area contributed by atoms with Crippen molar-refractivity contribution in [3.05, 3.63) is 29.8 Å². The minimum Gasteiger partial charge on any atom is -0.326 e. The van der Waals surface area contributed by atoms with Gasteiger partial charge >= 0.3 is 0 Å². The van der Waals surface area contributed by atoms with Crippen LogP contribution in [0.3, 0.4) is 0 Å². The zero-order valence-corrected chi connectivity index (χ0v) is 13.6. The van der Waals surface area contributed by atoms with Gasteiger partial charge in [-0.15, -0.1) is 0 Å². The van der Waals surface area contributed by atoms with E-state index in [-0.39, 0.29) is 5.91 Å². The predicted octanol–water partition coefficient (Wildman–Crippen LogP) is 2.80. The van der Waals surface area contributed by atoms with E-state index < -0.39 is 10.8 Å². The Morgan fingerprint density at radius 1 is 1.14 bits per heavy atom. The van der Waals surface area contributed by atoms with E-state index in [0.717, 1.165) is 36.3 Å². The number of nitrogens with one attached hydrogen (secondary N) is 1. The lowest BCUT2D eigenvalue weighted by molar-refractivity contribution is -0.116. The molecule has 0 aromatic heterocycles. The molecule has 3 N–H and O–H groups in total. The smallest absolute Gasteiger partial charge is 0.224 e. The number of rotatable bonds is 10. The van der Waals surface area contributed by atoms with Crippen LogP contribution in [0.2, 0.25) is 0 Å². The highest BCUT2D eigenvalue weighted by atomic mass is 32.2. The summed E-state index contributed by atoms with van der Waals surface area (Å²) in [7, 11) is -0.783. The van der Waals surface area contributed by atoms with Gasteiger partial charge in [0, 0.05) is 41.0 Å². The van der Waals surface area contributed by atoms with Crippen LogP contribution in [0.25, 0.3) is 0 Å². The van der Waals surface area contributed by atoms with E-state index in [0.29, 0.717) is 25.1 Å². The molecule has 4 nitrogen and oxygen atoms in total. The Labute approximate surface area is 130 Å². The maximum atomic E-state index is 11.8. The molecule has 1 aromatic carbocycles. The average molecular weight is 310 g/mol. The molecule has 1 atom stereocenters. The molecule has 0 bridgehead atoms. The lowest BCUT2D eigenvalue weighted by Crippen LogP contribution is -2.13. The van der Waals surface area contributed by atoms with E-state index in [9.17, 15) is 9.00 Å². The number of carbonyl (C=O) groups excluding carboxylic acids is 1. The SMILES string of the molecule is CCCCCS(=O)CCCC(=O)Nc1ccc(CN)cc1. The maximum Gasteiger partial charge on any atom is 0.224 e. The average Bonchev–Trinajstić information content (AvgIpc) is 2.48. The number of nitrogens with two attached hydrogens (primary N) is 1. The van der Waals surface area contributed by atoms with Gasteiger partial charge in [-0.25, -0.2) is 0 Å². The van der Waals surface area contributed by atoms with Crippen LogP contribution in [0.5, 0.6) is 0 Å². The van der Waals surface area contributed by atoms with Crippen LogP contribution >= 0.6 is 0 Å². The zero-order valence-electron chi connectivity index (χ0n) is 12.8. The first-order valence-electron chi connectivity index (χ1n) is 7.59. The van der Waals surface area contributed by atoms with Crippen LogP contribution in [-0.4, -0.2) is 21.6 Å². The normalized spacial score (nSPS) is 12.1. The van der Waals surface area contributed by atoms with Gasteiger partial charge in [0.05, 0.1) is 0 Å². The van der Waals surface area contributed by atoms with Gasteiger partial charge in [-0.2, -0.15) is 0 Å². The summed E-state index contributed by atoms with van der Waals surface area (Å²) in [5, 5.41) is 2.84. The summed E-state index contributed by atoms with van der Waals surface area (Å²) in [6.45, 7) is 2.63. The van der Waals surface area contributed by atoms with Crippen LogP contribution in [0.15, 0.2) is 24.3 Å². The van der Waals surface area contributed by atoms with Crippen LogP contribution in [0.1, 0.15) is 44.6 Å². The fraction of sp³-hybridized carbons (Fsp3) is 0.562. The summed E-state index contributed by atoms with van der Waals surface area (Å²) >= 11 is 0. The van der Waals surface area contributed by atoms with Gasteiger partial charge < -0.3 is 11.1 Å². The third kappa shape index (κ3) is 7.97. The van der Waals surface area contributed by atoms with E-state index >= 15 is 0 Å². The van der Waals surface area contributed by atoms with Crippen molar-refractivity contribution in [3.63, 3.8) is 0 Å². The second-order valence-corrected chi connectivity index (χ2v) is 6.80. The summed E-state index contributed by atoms with van der Waals surface area (Å²) in [6, 6.07) is 7.50. The molecule has 1 aromatic rings. The molecule has 0 aliphatic carbocycles. The van der Waals surface area contributed by atoms with Crippen molar-refractivity contribution in [1.82, 2.24) is 0 Å². The molecule has 118 valence electrons. The van der Waals surface area contributed by atoms with Gasteiger partial charge in [0.1, 0.15) is 0 Å². The molecular weight excluding hydrogens is 284 g/mol. The Balaban J connectivity index is 2.20. The fourth-order valence-corrected chi connectivity index (χ4v) is 3.15. The van der Waals surface area contributed by atoms with Gasteiger partial charge in [-0.1, -0.05) is 31.9 Å². The molecule has 5 heteroatoms. The number of carbonyl (C=O) groups is 1. The Morgan fingerprint density at radius 2 is 1.81 bits per heavy atom. The summed E-state index contributed by atoms with van der Waals surface area (Å²) in [4.78, 5) is 11.8. The summed E-state index contributed by atoms with van der Waals surface area (Å²) in [6.07, 6.45) is 4.37. The van der Waals surface area contributed by atoms with Crippen LogP contribution < -0.4 is 11.1 Å². The number of anilines is 1. The molecule has 0 saturated carbocycles. The van der Waals surface area contributed by atoms with Crippen molar-refractivity contribution in [2.45, 2.75) is 45.6 Å². The Kier molecular flexibility index (Phi) is 8.94. The Hall–Kier alpha value is -1.20. The van der Waals surface area contributed by atoms with Gasteiger partial charge in [0.2, 0.25) is 5.91 Å². The molecule has 0 fully saturated rings. The molecular formula is C16H26N2O2S. The van der Waals surface area contributed by atoms with Crippen molar-refractivity contribution in [3.8, 4) is 0 Å². The molecule has 0 aliphatic heterocycles. The van der Waals surface area contributed by atoms with Crippen molar-refractivity contribution in [2.24, 2.45) is 5.73 Å². The molecule has 21 heavy (non-hydrogen) atoms. The molecule has 0 saturated heterocycles. The minimum atomic E-state index is -0.783. The van der Waals surface area contributed by atoms with E-state index in [4.69, 9.17) is 5.73 Å². The molecule has 1 rings (SSSR count). The number of benzene rings is 1. The largest absolute Gasteiger partial charge is 0.326 e. The third-order valence-corrected chi connectivity index (χ3v) is 4.71.